The lowest BCUT2D eigenvalue weighted by Crippen LogP contribution is -2.50. The summed E-state index contributed by atoms with van der Waals surface area (Å²) in [6.45, 7) is 0.868. The molecule has 148 valence electrons. The van der Waals surface area contributed by atoms with Gasteiger partial charge in [0, 0.05) is 13.1 Å². The molecule has 2 aromatic rings. The van der Waals surface area contributed by atoms with E-state index in [4.69, 9.17) is 9.15 Å². The number of hydrazine groups is 1. The molecule has 0 bridgehead atoms. The molecule has 1 aromatic carbocycles. The molecule has 0 spiro atoms. The lowest BCUT2D eigenvalue weighted by atomic mass is 9.97. The average Bonchev–Trinajstić information content (AvgIpc) is 3.27. The summed E-state index contributed by atoms with van der Waals surface area (Å²) < 4.78 is 10.2. The number of nitrogens with one attached hydrogen (secondary N) is 2. The standard InChI is InChI=1S/C20H23N3O5/c1-27-16-8-6-14(7-9-16)12-18(24)21-22-19(25)15-4-2-10-23(13-15)20(26)17-5-3-11-28-17/h3,5-9,11,15H,2,4,10,12-13H2,1H3,(H,21,24)(H,22,25)/t15-/m0/s1. The Labute approximate surface area is 162 Å². The third kappa shape index (κ3) is 4.91. The summed E-state index contributed by atoms with van der Waals surface area (Å²) in [5.41, 5.74) is 5.71. The SMILES string of the molecule is COc1ccc(CC(=O)NNC(=O)[C@H]2CCCN(C(=O)c3ccco3)C2)cc1. The normalized spacial score (nSPS) is 16.3. The average molecular weight is 385 g/mol. The van der Waals surface area contributed by atoms with Crippen molar-refractivity contribution in [2.75, 3.05) is 20.2 Å². The van der Waals surface area contributed by atoms with Crippen LogP contribution in [0.1, 0.15) is 29.0 Å². The number of hydrogen-bond donors (Lipinski definition) is 2. The van der Waals surface area contributed by atoms with Crippen LogP contribution in [0.25, 0.3) is 0 Å². The molecule has 2 heterocycles. The number of methoxy groups -OCH3 is 1. The maximum absolute atomic E-state index is 12.4. The minimum atomic E-state index is -0.381. The molecular weight excluding hydrogens is 362 g/mol. The number of piperidine rings is 1. The van der Waals surface area contributed by atoms with Crippen LogP contribution in [0.4, 0.5) is 0 Å². The zero-order valence-corrected chi connectivity index (χ0v) is 15.6. The molecule has 8 nitrogen and oxygen atoms in total. The van der Waals surface area contributed by atoms with Crippen LogP contribution in [0, 0.1) is 5.92 Å². The molecule has 3 rings (SSSR count). The number of ether oxygens (including phenoxy) is 1. The van der Waals surface area contributed by atoms with E-state index in [0.717, 1.165) is 5.56 Å². The first-order chi connectivity index (χ1) is 13.6. The quantitative estimate of drug-likeness (QED) is 0.760. The summed E-state index contributed by atoms with van der Waals surface area (Å²) in [5, 5.41) is 0. The fourth-order valence-corrected chi connectivity index (χ4v) is 3.14. The second-order valence-electron chi connectivity index (χ2n) is 6.63. The monoisotopic (exact) mass is 385 g/mol. The highest BCUT2D eigenvalue weighted by Crippen LogP contribution is 2.19. The molecule has 1 saturated heterocycles. The molecule has 1 aliphatic heterocycles. The van der Waals surface area contributed by atoms with Crippen LogP contribution in [-0.4, -0.2) is 42.8 Å². The highest BCUT2D eigenvalue weighted by atomic mass is 16.5. The Hall–Kier alpha value is -3.29. The zero-order chi connectivity index (χ0) is 19.9. The molecule has 0 radical (unpaired) electrons. The van der Waals surface area contributed by atoms with Gasteiger partial charge < -0.3 is 14.1 Å². The van der Waals surface area contributed by atoms with Gasteiger partial charge in [0.15, 0.2) is 5.76 Å². The molecule has 28 heavy (non-hydrogen) atoms. The van der Waals surface area contributed by atoms with E-state index >= 15 is 0 Å². The summed E-state index contributed by atoms with van der Waals surface area (Å²) in [6.07, 6.45) is 2.95. The molecule has 2 N–H and O–H groups in total. The van der Waals surface area contributed by atoms with Crippen molar-refractivity contribution in [3.63, 3.8) is 0 Å². The summed E-state index contributed by atoms with van der Waals surface area (Å²) in [7, 11) is 1.58. The second kappa shape index (κ2) is 9.07. The fraction of sp³-hybridized carbons (Fsp3) is 0.350. The zero-order valence-electron chi connectivity index (χ0n) is 15.6. The van der Waals surface area contributed by atoms with E-state index in [9.17, 15) is 14.4 Å². The van der Waals surface area contributed by atoms with E-state index < -0.39 is 0 Å². The van der Waals surface area contributed by atoms with Crippen molar-refractivity contribution in [2.45, 2.75) is 19.3 Å². The van der Waals surface area contributed by atoms with Crippen LogP contribution in [0.2, 0.25) is 0 Å². The third-order valence-electron chi connectivity index (χ3n) is 4.66. The van der Waals surface area contributed by atoms with Gasteiger partial charge in [0.25, 0.3) is 5.91 Å². The largest absolute Gasteiger partial charge is 0.497 e. The van der Waals surface area contributed by atoms with E-state index in [1.54, 1.807) is 48.4 Å². The number of likely N-dealkylation sites (tertiary alicyclic amines) is 1. The van der Waals surface area contributed by atoms with Crippen molar-refractivity contribution < 1.29 is 23.5 Å². The van der Waals surface area contributed by atoms with E-state index in [0.29, 0.717) is 31.7 Å². The van der Waals surface area contributed by atoms with Gasteiger partial charge in [-0.1, -0.05) is 12.1 Å². The van der Waals surface area contributed by atoms with E-state index in [1.807, 2.05) is 0 Å². The van der Waals surface area contributed by atoms with Gasteiger partial charge in [-0.2, -0.15) is 0 Å². The predicted octanol–water partition coefficient (Wildman–Crippen LogP) is 1.53. The first-order valence-corrected chi connectivity index (χ1v) is 9.11. The molecule has 3 amide bonds. The number of rotatable bonds is 5. The first-order valence-electron chi connectivity index (χ1n) is 9.11. The molecule has 0 saturated carbocycles. The Kier molecular flexibility index (Phi) is 6.31. The Morgan fingerprint density at radius 3 is 2.64 bits per heavy atom. The summed E-state index contributed by atoms with van der Waals surface area (Å²) >= 11 is 0. The Morgan fingerprint density at radius 1 is 1.18 bits per heavy atom. The van der Waals surface area contributed by atoms with Crippen LogP contribution in [0.15, 0.2) is 47.1 Å². The van der Waals surface area contributed by atoms with Gasteiger partial charge in [-0.25, -0.2) is 0 Å². The van der Waals surface area contributed by atoms with E-state index in [1.165, 1.54) is 6.26 Å². The topological polar surface area (TPSA) is 101 Å². The Bertz CT molecular complexity index is 817. The van der Waals surface area contributed by atoms with Crippen molar-refractivity contribution in [1.82, 2.24) is 15.8 Å². The summed E-state index contributed by atoms with van der Waals surface area (Å²) in [4.78, 5) is 38.4. The van der Waals surface area contributed by atoms with Crippen LogP contribution in [0.3, 0.4) is 0 Å². The number of carbonyl (C=O) groups excluding carboxylic acids is 3. The number of benzene rings is 1. The fourth-order valence-electron chi connectivity index (χ4n) is 3.14. The van der Waals surface area contributed by atoms with Gasteiger partial charge >= 0.3 is 0 Å². The summed E-state index contributed by atoms with van der Waals surface area (Å²) in [6, 6.07) is 10.4. The lowest BCUT2D eigenvalue weighted by Gasteiger charge is -2.31. The third-order valence-corrected chi connectivity index (χ3v) is 4.66. The van der Waals surface area contributed by atoms with Gasteiger partial charge in [-0.15, -0.1) is 0 Å². The second-order valence-corrected chi connectivity index (χ2v) is 6.63. The summed E-state index contributed by atoms with van der Waals surface area (Å²) in [5.74, 6) is -0.268. The van der Waals surface area contributed by atoms with Crippen LogP contribution >= 0.6 is 0 Å². The molecule has 0 aliphatic carbocycles. The first kappa shape index (κ1) is 19.5. The van der Waals surface area contributed by atoms with Crippen molar-refractivity contribution in [3.05, 3.63) is 54.0 Å². The van der Waals surface area contributed by atoms with Crippen molar-refractivity contribution in [1.29, 1.82) is 0 Å². The molecule has 1 aliphatic rings. The lowest BCUT2D eigenvalue weighted by molar-refractivity contribution is -0.131. The Balaban J connectivity index is 1.47. The Morgan fingerprint density at radius 2 is 1.96 bits per heavy atom. The molecule has 8 heteroatoms. The van der Waals surface area contributed by atoms with E-state index in [-0.39, 0.29) is 35.8 Å². The van der Waals surface area contributed by atoms with Gasteiger partial charge in [-0.3, -0.25) is 25.2 Å². The predicted molar refractivity (Wildman–Crippen MR) is 100 cm³/mol. The van der Waals surface area contributed by atoms with Gasteiger partial charge in [0.05, 0.1) is 25.7 Å². The minimum Gasteiger partial charge on any atom is -0.497 e. The van der Waals surface area contributed by atoms with Crippen LogP contribution < -0.4 is 15.6 Å². The smallest absolute Gasteiger partial charge is 0.289 e. The number of nitrogens with zero attached hydrogens (tertiary/aromatic N) is 1. The number of furan rings is 1. The van der Waals surface area contributed by atoms with Crippen molar-refractivity contribution >= 4 is 17.7 Å². The molecular formula is C20H23N3O5. The van der Waals surface area contributed by atoms with Crippen molar-refractivity contribution in [2.24, 2.45) is 5.92 Å². The minimum absolute atomic E-state index is 0.137. The van der Waals surface area contributed by atoms with Crippen molar-refractivity contribution in [3.8, 4) is 5.75 Å². The van der Waals surface area contributed by atoms with Gasteiger partial charge in [-0.05, 0) is 42.7 Å². The molecule has 1 atom stereocenters. The highest BCUT2D eigenvalue weighted by Gasteiger charge is 2.30. The van der Waals surface area contributed by atoms with Crippen LogP contribution in [-0.2, 0) is 16.0 Å². The molecule has 0 unspecified atom stereocenters. The molecule has 1 fully saturated rings. The highest BCUT2D eigenvalue weighted by molar-refractivity contribution is 5.92. The molecule has 1 aromatic heterocycles. The van der Waals surface area contributed by atoms with E-state index in [2.05, 4.69) is 10.9 Å². The maximum Gasteiger partial charge on any atom is 0.289 e. The number of hydrogen-bond acceptors (Lipinski definition) is 5. The number of carbonyl (C=O) groups is 3. The van der Waals surface area contributed by atoms with Gasteiger partial charge in [0.1, 0.15) is 5.75 Å². The number of amides is 3. The maximum atomic E-state index is 12.4. The van der Waals surface area contributed by atoms with Crippen LogP contribution in [0.5, 0.6) is 5.75 Å². The van der Waals surface area contributed by atoms with Gasteiger partial charge in [0.2, 0.25) is 11.8 Å².